The van der Waals surface area contributed by atoms with Gasteiger partial charge in [-0.15, -0.1) is 11.3 Å². The molecule has 0 radical (unpaired) electrons. The van der Waals surface area contributed by atoms with Gasteiger partial charge in [-0.25, -0.2) is 0 Å². The van der Waals surface area contributed by atoms with E-state index < -0.39 is 0 Å². The summed E-state index contributed by atoms with van der Waals surface area (Å²) in [5.74, 6) is 1.06. The topological polar surface area (TPSA) is 53.9 Å². The Morgan fingerprint density at radius 2 is 2.17 bits per heavy atom. The summed E-state index contributed by atoms with van der Waals surface area (Å²) in [6.45, 7) is 0.772. The van der Waals surface area contributed by atoms with Crippen molar-refractivity contribution in [3.8, 4) is 0 Å². The van der Waals surface area contributed by atoms with Gasteiger partial charge in [0, 0.05) is 25.5 Å². The summed E-state index contributed by atoms with van der Waals surface area (Å²) in [5.41, 5.74) is 0. The van der Waals surface area contributed by atoms with Gasteiger partial charge in [-0.3, -0.25) is 0 Å². The van der Waals surface area contributed by atoms with Crippen molar-refractivity contribution in [3.05, 3.63) is 27.7 Å². The Morgan fingerprint density at radius 3 is 2.83 bits per heavy atom. The summed E-state index contributed by atoms with van der Waals surface area (Å²) in [4.78, 5) is 15.4. The smallest absolute Gasteiger partial charge is 0.230 e. The molecule has 0 aliphatic rings. The highest BCUT2D eigenvalue weighted by atomic mass is 35.5. The van der Waals surface area contributed by atoms with Crippen molar-refractivity contribution >= 4 is 34.8 Å². The second-order valence-corrected chi connectivity index (χ2v) is 5.25. The second kappa shape index (κ2) is 5.97. The van der Waals surface area contributed by atoms with Crippen LogP contribution in [-0.4, -0.2) is 35.6 Å². The van der Waals surface area contributed by atoms with E-state index in [4.69, 9.17) is 11.6 Å². The fourth-order valence-electron chi connectivity index (χ4n) is 1.37. The van der Waals surface area contributed by atoms with Crippen LogP contribution in [0.4, 0.5) is 11.9 Å². The van der Waals surface area contributed by atoms with Crippen LogP contribution in [0.15, 0.2) is 17.5 Å². The predicted molar refractivity (Wildman–Crippen MR) is 75.7 cm³/mol. The highest BCUT2D eigenvalue weighted by Crippen LogP contribution is 2.12. The van der Waals surface area contributed by atoms with Crippen LogP contribution in [0.5, 0.6) is 0 Å². The highest BCUT2D eigenvalue weighted by Gasteiger charge is 2.06. The molecule has 2 heterocycles. The number of nitrogens with one attached hydrogen (secondary N) is 1. The number of halogens is 1. The van der Waals surface area contributed by atoms with Crippen molar-refractivity contribution in [1.82, 2.24) is 15.0 Å². The Morgan fingerprint density at radius 1 is 1.33 bits per heavy atom. The normalized spacial score (nSPS) is 10.4. The average Bonchev–Trinajstić information content (AvgIpc) is 2.81. The summed E-state index contributed by atoms with van der Waals surface area (Å²) in [7, 11) is 3.72. The highest BCUT2D eigenvalue weighted by molar-refractivity contribution is 7.09. The molecule has 2 aromatic heterocycles. The molecule has 2 rings (SSSR count). The molecule has 0 aromatic carbocycles. The molecule has 7 heteroatoms. The van der Waals surface area contributed by atoms with Gasteiger partial charge in [0.15, 0.2) is 0 Å². The van der Waals surface area contributed by atoms with E-state index in [1.807, 2.05) is 20.2 Å². The van der Waals surface area contributed by atoms with Crippen LogP contribution >= 0.6 is 22.9 Å². The molecule has 96 valence electrons. The third-order valence-electron chi connectivity index (χ3n) is 2.23. The molecule has 0 saturated carbocycles. The monoisotopic (exact) mass is 283 g/mol. The molecule has 0 unspecified atom stereocenters. The third kappa shape index (κ3) is 3.54. The molecular weight excluding hydrogens is 270 g/mol. The third-order valence-corrected chi connectivity index (χ3v) is 3.34. The van der Waals surface area contributed by atoms with E-state index in [0.29, 0.717) is 11.9 Å². The van der Waals surface area contributed by atoms with Crippen molar-refractivity contribution in [2.75, 3.05) is 30.9 Å². The van der Waals surface area contributed by atoms with Crippen LogP contribution in [0.1, 0.15) is 4.88 Å². The average molecular weight is 284 g/mol. The van der Waals surface area contributed by atoms with Crippen molar-refractivity contribution in [2.45, 2.75) is 6.42 Å². The van der Waals surface area contributed by atoms with Crippen LogP contribution in [0.3, 0.4) is 0 Å². The second-order valence-electron chi connectivity index (χ2n) is 3.88. The zero-order chi connectivity index (χ0) is 13.0. The Balaban J connectivity index is 1.96. The molecule has 0 spiro atoms. The number of nitrogens with zero attached hydrogens (tertiary/aromatic N) is 4. The molecule has 0 atom stereocenters. The van der Waals surface area contributed by atoms with Crippen LogP contribution in [-0.2, 0) is 6.42 Å². The number of aromatic nitrogens is 3. The maximum absolute atomic E-state index is 5.85. The number of rotatable bonds is 5. The summed E-state index contributed by atoms with van der Waals surface area (Å²) in [6, 6.07) is 4.15. The van der Waals surface area contributed by atoms with Gasteiger partial charge < -0.3 is 10.2 Å². The molecule has 18 heavy (non-hydrogen) atoms. The molecular formula is C11H14ClN5S. The molecule has 0 saturated heterocycles. The zero-order valence-electron chi connectivity index (χ0n) is 10.2. The fourth-order valence-corrected chi connectivity index (χ4v) is 2.24. The first-order chi connectivity index (χ1) is 8.65. The molecule has 0 aliphatic carbocycles. The van der Waals surface area contributed by atoms with Gasteiger partial charge in [0.2, 0.25) is 17.2 Å². The van der Waals surface area contributed by atoms with E-state index in [9.17, 15) is 0 Å². The quantitative estimate of drug-likeness (QED) is 0.913. The van der Waals surface area contributed by atoms with Gasteiger partial charge in [-0.05, 0) is 29.5 Å². The summed E-state index contributed by atoms with van der Waals surface area (Å²) in [6.07, 6.45) is 0.943. The van der Waals surface area contributed by atoms with Gasteiger partial charge >= 0.3 is 0 Å². The summed E-state index contributed by atoms with van der Waals surface area (Å²) >= 11 is 7.59. The number of thiophene rings is 1. The minimum atomic E-state index is 0.201. The van der Waals surface area contributed by atoms with Crippen molar-refractivity contribution in [3.63, 3.8) is 0 Å². The Bertz CT molecular complexity index is 500. The Kier molecular flexibility index (Phi) is 4.33. The van der Waals surface area contributed by atoms with Gasteiger partial charge in [-0.2, -0.15) is 15.0 Å². The maximum Gasteiger partial charge on any atom is 0.230 e. The van der Waals surface area contributed by atoms with Gasteiger partial charge in [0.25, 0.3) is 0 Å². The van der Waals surface area contributed by atoms with Gasteiger partial charge in [0.05, 0.1) is 0 Å². The van der Waals surface area contributed by atoms with E-state index in [2.05, 4.69) is 31.7 Å². The first-order valence-corrected chi connectivity index (χ1v) is 6.76. The lowest BCUT2D eigenvalue weighted by molar-refractivity contribution is 0.933. The maximum atomic E-state index is 5.85. The van der Waals surface area contributed by atoms with Crippen LogP contribution in [0, 0.1) is 0 Å². The lowest BCUT2D eigenvalue weighted by Crippen LogP contribution is -2.16. The molecule has 0 aliphatic heterocycles. The minimum absolute atomic E-state index is 0.201. The van der Waals surface area contributed by atoms with Crippen LogP contribution in [0.2, 0.25) is 5.28 Å². The Hall–Kier alpha value is -1.40. The number of anilines is 2. The van der Waals surface area contributed by atoms with E-state index >= 15 is 0 Å². The summed E-state index contributed by atoms with van der Waals surface area (Å²) < 4.78 is 0. The van der Waals surface area contributed by atoms with Crippen molar-refractivity contribution in [1.29, 1.82) is 0 Å². The van der Waals surface area contributed by atoms with Crippen LogP contribution < -0.4 is 10.2 Å². The van der Waals surface area contributed by atoms with Crippen molar-refractivity contribution < 1.29 is 0 Å². The van der Waals surface area contributed by atoms with Crippen LogP contribution in [0.25, 0.3) is 0 Å². The van der Waals surface area contributed by atoms with E-state index in [1.54, 1.807) is 16.2 Å². The standard InChI is InChI=1S/C11H14ClN5S/c1-17(2)11-15-9(12)14-10(16-11)13-6-5-8-4-3-7-18-8/h3-4,7H,5-6H2,1-2H3,(H,13,14,15,16). The molecule has 0 amide bonds. The lowest BCUT2D eigenvalue weighted by atomic mass is 10.3. The SMILES string of the molecule is CN(C)c1nc(Cl)nc(NCCc2cccs2)n1. The fraction of sp³-hybridized carbons (Fsp3) is 0.364. The number of hydrogen-bond donors (Lipinski definition) is 1. The van der Waals surface area contributed by atoms with E-state index in [-0.39, 0.29) is 5.28 Å². The molecule has 0 bridgehead atoms. The molecule has 0 fully saturated rings. The first kappa shape index (κ1) is 13.0. The van der Waals surface area contributed by atoms with Gasteiger partial charge in [0.1, 0.15) is 0 Å². The number of hydrogen-bond acceptors (Lipinski definition) is 6. The Labute approximate surface area is 115 Å². The first-order valence-electron chi connectivity index (χ1n) is 5.50. The molecule has 2 aromatic rings. The molecule has 5 nitrogen and oxygen atoms in total. The minimum Gasteiger partial charge on any atom is -0.354 e. The van der Waals surface area contributed by atoms with E-state index in [1.165, 1.54) is 4.88 Å². The van der Waals surface area contributed by atoms with E-state index in [0.717, 1.165) is 13.0 Å². The van der Waals surface area contributed by atoms with Gasteiger partial charge in [-0.1, -0.05) is 6.07 Å². The van der Waals surface area contributed by atoms with Crippen molar-refractivity contribution in [2.24, 2.45) is 0 Å². The summed E-state index contributed by atoms with van der Waals surface area (Å²) in [5, 5.41) is 5.42. The predicted octanol–water partition coefficient (Wildman–Crippen LogP) is 2.31. The lowest BCUT2D eigenvalue weighted by Gasteiger charge is -2.11. The molecule has 1 N–H and O–H groups in total. The largest absolute Gasteiger partial charge is 0.354 e. The zero-order valence-corrected chi connectivity index (χ0v) is 11.8.